The molecule has 1 aliphatic heterocycles. The molecule has 17 heavy (non-hydrogen) atoms. The second kappa shape index (κ2) is 5.31. The van der Waals surface area contributed by atoms with Gasteiger partial charge in [-0.15, -0.1) is 0 Å². The zero-order valence-corrected chi connectivity index (χ0v) is 10.4. The summed E-state index contributed by atoms with van der Waals surface area (Å²) in [6.45, 7) is 6.87. The van der Waals surface area contributed by atoms with Gasteiger partial charge in [0.25, 0.3) is 0 Å². The molecule has 2 N–H and O–H groups in total. The fourth-order valence-corrected chi connectivity index (χ4v) is 2.06. The van der Waals surface area contributed by atoms with E-state index in [1.54, 1.807) is 6.20 Å². The van der Waals surface area contributed by atoms with E-state index in [2.05, 4.69) is 29.5 Å². The lowest BCUT2D eigenvalue weighted by Crippen LogP contribution is -2.26. The molecule has 1 amide bonds. The number of hydrogen-bond acceptors (Lipinski definition) is 3. The fraction of sp³-hybridized carbons (Fsp3) is 0.667. The molecule has 2 heterocycles. The van der Waals surface area contributed by atoms with Crippen molar-refractivity contribution in [1.29, 1.82) is 0 Å². The largest absolute Gasteiger partial charge is 0.317 e. The molecule has 0 radical (unpaired) electrons. The van der Waals surface area contributed by atoms with Crippen LogP contribution in [0, 0.1) is 11.8 Å². The molecule has 0 saturated carbocycles. The van der Waals surface area contributed by atoms with Gasteiger partial charge >= 0.3 is 0 Å². The first-order valence-electron chi connectivity index (χ1n) is 6.19. The van der Waals surface area contributed by atoms with Crippen molar-refractivity contribution in [2.45, 2.75) is 26.8 Å². The molecule has 1 aromatic rings. The number of anilines is 1. The minimum atomic E-state index is 0.0752. The maximum absolute atomic E-state index is 11.9. The van der Waals surface area contributed by atoms with Crippen LogP contribution in [0.3, 0.4) is 0 Å². The summed E-state index contributed by atoms with van der Waals surface area (Å²) in [5.74, 6) is 1.36. The normalized spacial score (nSPS) is 19.8. The van der Waals surface area contributed by atoms with Crippen LogP contribution in [0.2, 0.25) is 0 Å². The number of imidazole rings is 1. The monoisotopic (exact) mass is 236 g/mol. The van der Waals surface area contributed by atoms with Crippen molar-refractivity contribution >= 4 is 11.9 Å². The van der Waals surface area contributed by atoms with E-state index in [0.717, 1.165) is 26.1 Å². The van der Waals surface area contributed by atoms with Gasteiger partial charge in [0.2, 0.25) is 11.9 Å². The van der Waals surface area contributed by atoms with Gasteiger partial charge in [-0.25, -0.2) is 4.98 Å². The van der Waals surface area contributed by atoms with Crippen molar-refractivity contribution in [1.82, 2.24) is 14.9 Å². The van der Waals surface area contributed by atoms with E-state index in [1.807, 2.05) is 10.8 Å². The smallest absolute Gasteiger partial charge is 0.231 e. The van der Waals surface area contributed by atoms with Gasteiger partial charge in [-0.2, -0.15) is 0 Å². The number of nitrogens with one attached hydrogen (secondary N) is 2. The van der Waals surface area contributed by atoms with Crippen molar-refractivity contribution in [3.8, 4) is 0 Å². The molecule has 0 aliphatic carbocycles. The molecule has 1 aromatic heterocycles. The number of aromatic nitrogens is 2. The first-order chi connectivity index (χ1) is 8.16. The first-order valence-corrected chi connectivity index (χ1v) is 6.19. The van der Waals surface area contributed by atoms with Gasteiger partial charge in [0.1, 0.15) is 0 Å². The predicted octanol–water partition coefficient (Wildman–Crippen LogP) is 1.09. The summed E-state index contributed by atoms with van der Waals surface area (Å²) >= 11 is 0. The van der Waals surface area contributed by atoms with E-state index < -0.39 is 0 Å². The van der Waals surface area contributed by atoms with Crippen LogP contribution in [0.5, 0.6) is 0 Å². The lowest BCUT2D eigenvalue weighted by Gasteiger charge is -2.13. The molecule has 94 valence electrons. The van der Waals surface area contributed by atoms with Crippen LogP contribution >= 0.6 is 0 Å². The van der Waals surface area contributed by atoms with Crippen LogP contribution in [0.25, 0.3) is 0 Å². The van der Waals surface area contributed by atoms with Gasteiger partial charge in [-0.1, -0.05) is 13.8 Å². The van der Waals surface area contributed by atoms with Crippen LogP contribution in [-0.4, -0.2) is 28.5 Å². The van der Waals surface area contributed by atoms with E-state index in [9.17, 15) is 4.79 Å². The topological polar surface area (TPSA) is 59.0 Å². The highest BCUT2D eigenvalue weighted by atomic mass is 16.2. The Labute approximate surface area is 102 Å². The minimum absolute atomic E-state index is 0.0752. The summed E-state index contributed by atoms with van der Waals surface area (Å²) in [7, 11) is 0. The lowest BCUT2D eigenvalue weighted by atomic mass is 10.1. The summed E-state index contributed by atoms with van der Waals surface area (Å²) < 4.78 is 1.99. The van der Waals surface area contributed by atoms with Gasteiger partial charge in [0, 0.05) is 25.5 Å². The third kappa shape index (κ3) is 3.06. The Morgan fingerprint density at radius 3 is 3.18 bits per heavy atom. The van der Waals surface area contributed by atoms with Crippen molar-refractivity contribution in [2.24, 2.45) is 11.8 Å². The third-order valence-electron chi connectivity index (χ3n) is 2.94. The fourth-order valence-electron chi connectivity index (χ4n) is 2.06. The number of amides is 1. The van der Waals surface area contributed by atoms with Gasteiger partial charge in [-0.05, 0) is 18.9 Å². The molecule has 0 bridgehead atoms. The Kier molecular flexibility index (Phi) is 3.78. The highest BCUT2D eigenvalue weighted by Crippen LogP contribution is 2.13. The zero-order chi connectivity index (χ0) is 12.3. The molecule has 2 rings (SSSR count). The average molecular weight is 236 g/mol. The summed E-state index contributed by atoms with van der Waals surface area (Å²) in [5, 5.41) is 6.10. The Bertz CT molecular complexity index is 380. The van der Waals surface area contributed by atoms with E-state index in [0.29, 0.717) is 11.9 Å². The molecule has 0 spiro atoms. The SMILES string of the molecule is CC(C)Cn1ccnc1NC(=O)[C@@H]1CCNC1. The quantitative estimate of drug-likeness (QED) is 0.822. The molecule has 0 unspecified atom stereocenters. The summed E-state index contributed by atoms with van der Waals surface area (Å²) in [4.78, 5) is 16.1. The van der Waals surface area contributed by atoms with Gasteiger partial charge in [0.05, 0.1) is 5.92 Å². The Balaban J connectivity index is 1.97. The maximum Gasteiger partial charge on any atom is 0.231 e. The average Bonchev–Trinajstić information content (AvgIpc) is 2.89. The summed E-state index contributed by atoms with van der Waals surface area (Å²) in [6.07, 6.45) is 4.55. The van der Waals surface area contributed by atoms with Crippen molar-refractivity contribution in [3.05, 3.63) is 12.4 Å². The number of carbonyl (C=O) groups is 1. The molecule has 0 aromatic carbocycles. The number of nitrogens with zero attached hydrogens (tertiary/aromatic N) is 2. The summed E-state index contributed by atoms with van der Waals surface area (Å²) in [5.41, 5.74) is 0. The van der Waals surface area contributed by atoms with Crippen molar-refractivity contribution in [2.75, 3.05) is 18.4 Å². The van der Waals surface area contributed by atoms with Crippen LogP contribution < -0.4 is 10.6 Å². The molecule has 1 saturated heterocycles. The van der Waals surface area contributed by atoms with E-state index >= 15 is 0 Å². The summed E-state index contributed by atoms with van der Waals surface area (Å²) in [6, 6.07) is 0. The van der Waals surface area contributed by atoms with Crippen LogP contribution in [0.1, 0.15) is 20.3 Å². The molecule has 5 nitrogen and oxygen atoms in total. The van der Waals surface area contributed by atoms with Crippen LogP contribution in [0.4, 0.5) is 5.95 Å². The number of hydrogen-bond donors (Lipinski definition) is 2. The second-order valence-corrected chi connectivity index (χ2v) is 4.98. The molecule has 5 heteroatoms. The Morgan fingerprint density at radius 2 is 2.53 bits per heavy atom. The Morgan fingerprint density at radius 1 is 1.71 bits per heavy atom. The van der Waals surface area contributed by atoms with Gasteiger partial charge < -0.3 is 9.88 Å². The molecular formula is C12H20N4O. The first kappa shape index (κ1) is 12.1. The van der Waals surface area contributed by atoms with E-state index in [1.165, 1.54) is 0 Å². The molecule has 1 aliphatic rings. The highest BCUT2D eigenvalue weighted by Gasteiger charge is 2.23. The van der Waals surface area contributed by atoms with Crippen LogP contribution in [-0.2, 0) is 11.3 Å². The Hall–Kier alpha value is -1.36. The third-order valence-corrected chi connectivity index (χ3v) is 2.94. The number of rotatable bonds is 4. The highest BCUT2D eigenvalue weighted by molar-refractivity contribution is 5.91. The van der Waals surface area contributed by atoms with Crippen LogP contribution in [0.15, 0.2) is 12.4 Å². The molecule has 1 atom stereocenters. The maximum atomic E-state index is 11.9. The lowest BCUT2D eigenvalue weighted by molar-refractivity contribution is -0.119. The second-order valence-electron chi connectivity index (χ2n) is 4.98. The minimum Gasteiger partial charge on any atom is -0.317 e. The zero-order valence-electron chi connectivity index (χ0n) is 10.4. The van der Waals surface area contributed by atoms with Crippen molar-refractivity contribution < 1.29 is 4.79 Å². The number of carbonyl (C=O) groups excluding carboxylic acids is 1. The standard InChI is InChI=1S/C12H20N4O/c1-9(2)8-16-6-5-14-12(16)15-11(17)10-3-4-13-7-10/h5-6,9-10,13H,3-4,7-8H2,1-2H3,(H,14,15,17)/t10-/m1/s1. The van der Waals surface area contributed by atoms with E-state index in [-0.39, 0.29) is 11.8 Å². The van der Waals surface area contributed by atoms with Gasteiger partial charge in [-0.3, -0.25) is 10.1 Å². The predicted molar refractivity (Wildman–Crippen MR) is 66.7 cm³/mol. The molecule has 1 fully saturated rings. The molecular weight excluding hydrogens is 216 g/mol. The van der Waals surface area contributed by atoms with E-state index in [4.69, 9.17) is 0 Å². The van der Waals surface area contributed by atoms with Gasteiger partial charge in [0.15, 0.2) is 0 Å². The van der Waals surface area contributed by atoms with Crippen molar-refractivity contribution in [3.63, 3.8) is 0 Å².